The maximum Gasteiger partial charge on any atom is 0.264 e. The minimum Gasteiger partial charge on any atom is -0.349 e. The van der Waals surface area contributed by atoms with Crippen LogP contribution in [0.5, 0.6) is 0 Å². The molecule has 0 radical (unpaired) electrons. The highest BCUT2D eigenvalue weighted by Gasteiger charge is 2.24. The predicted molar refractivity (Wildman–Crippen MR) is 76.2 cm³/mol. The van der Waals surface area contributed by atoms with E-state index in [0.29, 0.717) is 17.7 Å². The number of hydrogen-bond donors (Lipinski definition) is 3. The number of carbonyl (C=O) groups is 1. The Morgan fingerprint density at radius 3 is 2.86 bits per heavy atom. The van der Waals surface area contributed by atoms with Crippen LogP contribution in [-0.2, 0) is 12.8 Å². The van der Waals surface area contributed by atoms with E-state index in [1.54, 1.807) is 13.0 Å². The Kier molecular flexibility index (Phi) is 3.32. The Labute approximate surface area is 121 Å². The first-order valence-electron chi connectivity index (χ1n) is 6.94. The van der Waals surface area contributed by atoms with Gasteiger partial charge < -0.3 is 5.32 Å². The fourth-order valence-corrected chi connectivity index (χ4v) is 2.81. The van der Waals surface area contributed by atoms with E-state index in [2.05, 4.69) is 25.7 Å². The SMILES string of the molecule is Cc1n[nH]c(C)c1C(=O)NC1CCc2n[nH]c(=O)cc2C1. The van der Waals surface area contributed by atoms with Gasteiger partial charge >= 0.3 is 0 Å². The van der Waals surface area contributed by atoms with Crippen molar-refractivity contribution in [3.63, 3.8) is 0 Å². The number of nitrogens with zero attached hydrogens (tertiary/aromatic N) is 2. The van der Waals surface area contributed by atoms with E-state index in [9.17, 15) is 9.59 Å². The molecule has 0 fully saturated rings. The molecule has 1 aliphatic rings. The Morgan fingerprint density at radius 2 is 2.14 bits per heavy atom. The summed E-state index contributed by atoms with van der Waals surface area (Å²) in [6.45, 7) is 3.63. The van der Waals surface area contributed by atoms with E-state index < -0.39 is 0 Å². The topological polar surface area (TPSA) is 104 Å². The Bertz CT molecular complexity index is 727. The summed E-state index contributed by atoms with van der Waals surface area (Å²) in [6.07, 6.45) is 2.20. The standard InChI is InChI=1S/C14H17N5O2/c1-7-13(8(2)17-16-7)14(21)15-10-3-4-11-9(5-10)6-12(20)19-18-11/h6,10H,3-5H2,1-2H3,(H,15,21)(H,16,17)(H,19,20). The van der Waals surface area contributed by atoms with Crippen LogP contribution in [0.1, 0.15) is 39.4 Å². The van der Waals surface area contributed by atoms with Crippen LogP contribution in [0.25, 0.3) is 0 Å². The van der Waals surface area contributed by atoms with Crippen LogP contribution < -0.4 is 10.9 Å². The smallest absolute Gasteiger partial charge is 0.264 e. The highest BCUT2D eigenvalue weighted by Crippen LogP contribution is 2.18. The largest absolute Gasteiger partial charge is 0.349 e. The molecule has 0 aliphatic heterocycles. The van der Waals surface area contributed by atoms with Crippen LogP contribution >= 0.6 is 0 Å². The van der Waals surface area contributed by atoms with Crippen LogP contribution in [0, 0.1) is 13.8 Å². The van der Waals surface area contributed by atoms with E-state index in [-0.39, 0.29) is 17.5 Å². The van der Waals surface area contributed by atoms with Gasteiger partial charge in [-0.1, -0.05) is 0 Å². The second-order valence-electron chi connectivity index (χ2n) is 5.43. The summed E-state index contributed by atoms with van der Waals surface area (Å²) in [6, 6.07) is 1.58. The minimum absolute atomic E-state index is 0.0160. The van der Waals surface area contributed by atoms with Crippen LogP contribution in [0.3, 0.4) is 0 Å². The van der Waals surface area contributed by atoms with Gasteiger partial charge in [0.2, 0.25) is 0 Å². The van der Waals surface area contributed by atoms with Gasteiger partial charge in [-0.15, -0.1) is 0 Å². The summed E-state index contributed by atoms with van der Waals surface area (Å²) in [5.74, 6) is -0.120. The molecule has 21 heavy (non-hydrogen) atoms. The van der Waals surface area contributed by atoms with Gasteiger partial charge in [-0.05, 0) is 38.7 Å². The number of carbonyl (C=O) groups excluding carboxylic acids is 1. The zero-order valence-corrected chi connectivity index (χ0v) is 12.0. The quantitative estimate of drug-likeness (QED) is 0.743. The highest BCUT2D eigenvalue weighted by atomic mass is 16.1. The molecule has 3 N–H and O–H groups in total. The number of H-pyrrole nitrogens is 2. The van der Waals surface area contributed by atoms with Crippen molar-refractivity contribution in [3.05, 3.63) is 44.6 Å². The monoisotopic (exact) mass is 287 g/mol. The molecule has 2 heterocycles. The molecule has 1 aliphatic carbocycles. The fourth-order valence-electron chi connectivity index (χ4n) is 2.81. The number of aromatic nitrogens is 4. The van der Waals surface area contributed by atoms with Crippen molar-refractivity contribution < 1.29 is 4.79 Å². The van der Waals surface area contributed by atoms with Gasteiger partial charge in [0.05, 0.1) is 17.0 Å². The zero-order chi connectivity index (χ0) is 15.0. The molecule has 1 atom stereocenters. The van der Waals surface area contributed by atoms with Gasteiger partial charge in [-0.2, -0.15) is 10.2 Å². The van der Waals surface area contributed by atoms with Crippen LogP contribution in [0.2, 0.25) is 0 Å². The number of fused-ring (bicyclic) bond motifs is 1. The molecule has 2 aromatic heterocycles. The second kappa shape index (κ2) is 5.16. The van der Waals surface area contributed by atoms with Crippen molar-refractivity contribution in [2.24, 2.45) is 0 Å². The van der Waals surface area contributed by atoms with Crippen LogP contribution in [0.15, 0.2) is 10.9 Å². The Morgan fingerprint density at radius 1 is 1.33 bits per heavy atom. The van der Waals surface area contributed by atoms with Crippen molar-refractivity contribution in [2.45, 2.75) is 39.2 Å². The predicted octanol–water partition coefficient (Wildman–Crippen LogP) is 0.397. The minimum atomic E-state index is -0.206. The van der Waals surface area contributed by atoms with E-state index in [0.717, 1.165) is 29.8 Å². The van der Waals surface area contributed by atoms with Crippen molar-refractivity contribution >= 4 is 5.91 Å². The average Bonchev–Trinajstić information content (AvgIpc) is 2.77. The van der Waals surface area contributed by atoms with Gasteiger partial charge in [-0.3, -0.25) is 14.7 Å². The van der Waals surface area contributed by atoms with Gasteiger partial charge in [-0.25, -0.2) is 5.10 Å². The normalized spacial score (nSPS) is 17.3. The molecule has 0 saturated carbocycles. The lowest BCUT2D eigenvalue weighted by Gasteiger charge is -2.24. The third-order valence-corrected chi connectivity index (χ3v) is 3.86. The van der Waals surface area contributed by atoms with Crippen molar-refractivity contribution in [1.82, 2.24) is 25.7 Å². The summed E-state index contributed by atoms with van der Waals surface area (Å²) >= 11 is 0. The first-order valence-corrected chi connectivity index (χ1v) is 6.94. The molecule has 110 valence electrons. The lowest BCUT2D eigenvalue weighted by atomic mass is 9.92. The zero-order valence-electron chi connectivity index (χ0n) is 12.0. The summed E-state index contributed by atoms with van der Waals surface area (Å²) in [7, 11) is 0. The second-order valence-corrected chi connectivity index (χ2v) is 5.43. The number of aromatic amines is 2. The van der Waals surface area contributed by atoms with Crippen molar-refractivity contribution in [2.75, 3.05) is 0 Å². The molecule has 7 heteroatoms. The molecule has 1 unspecified atom stereocenters. The van der Waals surface area contributed by atoms with Gasteiger partial charge in [0.25, 0.3) is 11.5 Å². The molecular formula is C14H17N5O2. The highest BCUT2D eigenvalue weighted by molar-refractivity contribution is 5.96. The summed E-state index contributed by atoms with van der Waals surface area (Å²) < 4.78 is 0. The molecule has 1 amide bonds. The number of rotatable bonds is 2. The van der Waals surface area contributed by atoms with Gasteiger partial charge in [0.15, 0.2) is 0 Å². The number of nitrogens with one attached hydrogen (secondary N) is 3. The van der Waals surface area contributed by atoms with Gasteiger partial charge in [0, 0.05) is 17.8 Å². The molecule has 0 aromatic carbocycles. The first kappa shape index (κ1) is 13.5. The summed E-state index contributed by atoms with van der Waals surface area (Å²) in [5, 5.41) is 16.4. The van der Waals surface area contributed by atoms with E-state index in [4.69, 9.17) is 0 Å². The number of hydrogen-bond acceptors (Lipinski definition) is 4. The van der Waals surface area contributed by atoms with Crippen molar-refractivity contribution in [3.8, 4) is 0 Å². The van der Waals surface area contributed by atoms with E-state index in [1.165, 1.54) is 0 Å². The average molecular weight is 287 g/mol. The molecule has 0 spiro atoms. The molecule has 3 rings (SSSR count). The Balaban J connectivity index is 1.75. The van der Waals surface area contributed by atoms with E-state index in [1.807, 2.05) is 6.92 Å². The lowest BCUT2D eigenvalue weighted by Crippen LogP contribution is -2.40. The van der Waals surface area contributed by atoms with Crippen molar-refractivity contribution in [1.29, 1.82) is 0 Å². The fraction of sp³-hybridized carbons (Fsp3) is 0.429. The Hall–Kier alpha value is -2.44. The molecule has 2 aromatic rings. The molecule has 0 saturated heterocycles. The molecule has 7 nitrogen and oxygen atoms in total. The van der Waals surface area contributed by atoms with E-state index >= 15 is 0 Å². The third-order valence-electron chi connectivity index (χ3n) is 3.86. The first-order chi connectivity index (χ1) is 10.0. The summed E-state index contributed by atoms with van der Waals surface area (Å²) in [5.41, 5.74) is 3.68. The maximum atomic E-state index is 12.3. The maximum absolute atomic E-state index is 12.3. The van der Waals surface area contributed by atoms with Crippen LogP contribution in [0.4, 0.5) is 0 Å². The molecular weight excluding hydrogens is 270 g/mol. The summed E-state index contributed by atoms with van der Waals surface area (Å²) in [4.78, 5) is 23.7. The number of aryl methyl sites for hydroxylation is 3. The molecule has 0 bridgehead atoms. The number of amides is 1. The van der Waals surface area contributed by atoms with Gasteiger partial charge in [0.1, 0.15) is 0 Å². The third kappa shape index (κ3) is 2.58. The van der Waals surface area contributed by atoms with Crippen LogP contribution in [-0.4, -0.2) is 32.3 Å². The lowest BCUT2D eigenvalue weighted by molar-refractivity contribution is 0.0932.